The summed E-state index contributed by atoms with van der Waals surface area (Å²) in [6, 6.07) is 12.5. The molecule has 0 radical (unpaired) electrons. The van der Waals surface area contributed by atoms with Crippen LogP contribution in [0.3, 0.4) is 0 Å². The van der Waals surface area contributed by atoms with Crippen molar-refractivity contribution in [3.05, 3.63) is 53.9 Å². The molecule has 5 nitrogen and oxygen atoms in total. The summed E-state index contributed by atoms with van der Waals surface area (Å²) < 4.78 is 5.49. The maximum atomic E-state index is 12.1. The van der Waals surface area contributed by atoms with Crippen LogP contribution in [0.2, 0.25) is 0 Å². The Labute approximate surface area is 117 Å². The van der Waals surface area contributed by atoms with Gasteiger partial charge in [-0.1, -0.05) is 18.2 Å². The number of carbonyl (C=O) groups excluding carboxylic acids is 1. The molecular formula is C15H17N3O2. The van der Waals surface area contributed by atoms with Crippen molar-refractivity contribution in [1.82, 2.24) is 4.98 Å². The van der Waals surface area contributed by atoms with Gasteiger partial charge >= 0.3 is 0 Å². The molecule has 0 unspecified atom stereocenters. The summed E-state index contributed by atoms with van der Waals surface area (Å²) in [6.07, 6.45) is 0. The number of carbonyl (C=O) groups is 1. The van der Waals surface area contributed by atoms with Crippen molar-refractivity contribution in [2.45, 2.75) is 6.92 Å². The zero-order valence-corrected chi connectivity index (χ0v) is 11.3. The van der Waals surface area contributed by atoms with Crippen LogP contribution in [0.5, 0.6) is 5.75 Å². The lowest BCUT2D eigenvalue weighted by Gasteiger charge is -2.11. The number of nitrogens with zero attached hydrogens (tertiary/aromatic N) is 1. The molecule has 2 aromatic rings. The van der Waals surface area contributed by atoms with Crippen LogP contribution in [0, 0.1) is 6.92 Å². The Balaban J connectivity index is 2.15. The molecule has 0 bridgehead atoms. The van der Waals surface area contributed by atoms with Gasteiger partial charge in [-0.25, -0.2) is 4.98 Å². The summed E-state index contributed by atoms with van der Waals surface area (Å²) in [7, 11) is 0. The standard InChI is InChI=1S/C15H17N3O2/c1-11-5-4-7-13(17-11)15(19)18-12-6-2-3-8-14(12)20-10-9-16/h2-8H,9-10,16H2,1H3,(H,18,19). The Morgan fingerprint density at radius 2 is 2.05 bits per heavy atom. The Hall–Kier alpha value is -2.40. The number of ether oxygens (including phenoxy) is 1. The molecule has 2 rings (SSSR count). The quantitative estimate of drug-likeness (QED) is 0.871. The summed E-state index contributed by atoms with van der Waals surface area (Å²) in [5.74, 6) is 0.330. The van der Waals surface area contributed by atoms with Crippen LogP contribution in [0.15, 0.2) is 42.5 Å². The molecule has 0 aliphatic heterocycles. The van der Waals surface area contributed by atoms with Crippen molar-refractivity contribution in [3.8, 4) is 5.75 Å². The van der Waals surface area contributed by atoms with E-state index in [1.54, 1.807) is 24.3 Å². The number of aryl methyl sites for hydroxylation is 1. The Bertz CT molecular complexity index is 599. The molecule has 0 atom stereocenters. The number of nitrogens with one attached hydrogen (secondary N) is 1. The average Bonchev–Trinajstić information content (AvgIpc) is 2.46. The van der Waals surface area contributed by atoms with Crippen LogP contribution in [-0.2, 0) is 0 Å². The van der Waals surface area contributed by atoms with Gasteiger partial charge < -0.3 is 15.8 Å². The number of pyridine rings is 1. The normalized spacial score (nSPS) is 10.1. The first-order valence-electron chi connectivity index (χ1n) is 6.37. The van der Waals surface area contributed by atoms with Gasteiger partial charge in [-0.2, -0.15) is 0 Å². The first-order valence-corrected chi connectivity index (χ1v) is 6.37. The fourth-order valence-corrected chi connectivity index (χ4v) is 1.72. The highest BCUT2D eigenvalue weighted by Gasteiger charge is 2.10. The molecule has 104 valence electrons. The molecule has 20 heavy (non-hydrogen) atoms. The molecule has 1 aromatic heterocycles. The largest absolute Gasteiger partial charge is 0.490 e. The monoisotopic (exact) mass is 271 g/mol. The number of benzene rings is 1. The molecule has 0 aliphatic carbocycles. The van der Waals surface area contributed by atoms with Crippen LogP contribution < -0.4 is 15.8 Å². The van der Waals surface area contributed by atoms with Crippen molar-refractivity contribution in [2.24, 2.45) is 5.73 Å². The number of rotatable bonds is 5. The number of nitrogens with two attached hydrogens (primary N) is 1. The third kappa shape index (κ3) is 3.55. The van der Waals surface area contributed by atoms with Crippen molar-refractivity contribution < 1.29 is 9.53 Å². The highest BCUT2D eigenvalue weighted by atomic mass is 16.5. The van der Waals surface area contributed by atoms with Crippen LogP contribution in [0.25, 0.3) is 0 Å². The third-order valence-electron chi connectivity index (χ3n) is 2.63. The summed E-state index contributed by atoms with van der Waals surface area (Å²) in [4.78, 5) is 16.3. The van der Waals surface area contributed by atoms with E-state index in [-0.39, 0.29) is 5.91 Å². The van der Waals surface area contributed by atoms with E-state index in [9.17, 15) is 4.79 Å². The Morgan fingerprint density at radius 3 is 2.80 bits per heavy atom. The van der Waals surface area contributed by atoms with Gasteiger partial charge in [0.15, 0.2) is 0 Å². The lowest BCUT2D eigenvalue weighted by atomic mass is 10.2. The molecule has 5 heteroatoms. The fraction of sp³-hybridized carbons (Fsp3) is 0.200. The molecule has 1 aromatic carbocycles. The summed E-state index contributed by atoms with van der Waals surface area (Å²) in [5, 5.41) is 2.80. The zero-order chi connectivity index (χ0) is 14.4. The lowest BCUT2D eigenvalue weighted by Crippen LogP contribution is -2.16. The molecule has 0 saturated carbocycles. The Morgan fingerprint density at radius 1 is 1.25 bits per heavy atom. The number of para-hydroxylation sites is 2. The molecule has 0 aliphatic rings. The summed E-state index contributed by atoms with van der Waals surface area (Å²) >= 11 is 0. The molecule has 0 fully saturated rings. The second-order valence-electron chi connectivity index (χ2n) is 4.25. The third-order valence-corrected chi connectivity index (χ3v) is 2.63. The van der Waals surface area contributed by atoms with Crippen LogP contribution in [0.4, 0.5) is 5.69 Å². The predicted octanol–water partition coefficient (Wildman–Crippen LogP) is 1.98. The molecule has 0 spiro atoms. The lowest BCUT2D eigenvalue weighted by molar-refractivity contribution is 0.102. The van der Waals surface area contributed by atoms with Gasteiger partial charge in [-0.15, -0.1) is 0 Å². The van der Waals surface area contributed by atoms with Crippen molar-refractivity contribution in [1.29, 1.82) is 0 Å². The smallest absolute Gasteiger partial charge is 0.274 e. The molecule has 1 amide bonds. The first kappa shape index (κ1) is 14.0. The van der Waals surface area contributed by atoms with Crippen molar-refractivity contribution in [3.63, 3.8) is 0 Å². The minimum Gasteiger partial charge on any atom is -0.490 e. The van der Waals surface area contributed by atoms with Crippen LogP contribution >= 0.6 is 0 Å². The minimum atomic E-state index is -0.266. The minimum absolute atomic E-state index is 0.266. The van der Waals surface area contributed by atoms with Crippen LogP contribution in [0.1, 0.15) is 16.2 Å². The van der Waals surface area contributed by atoms with Gasteiger partial charge in [-0.05, 0) is 31.2 Å². The van der Waals surface area contributed by atoms with E-state index in [2.05, 4.69) is 10.3 Å². The van der Waals surface area contributed by atoms with Crippen molar-refractivity contribution >= 4 is 11.6 Å². The van der Waals surface area contributed by atoms with E-state index in [1.165, 1.54) is 0 Å². The summed E-state index contributed by atoms with van der Waals surface area (Å²) in [6.45, 7) is 2.66. The van der Waals surface area contributed by atoms with Gasteiger partial charge in [0.1, 0.15) is 18.1 Å². The number of hydrogen-bond donors (Lipinski definition) is 2. The number of hydrogen-bond acceptors (Lipinski definition) is 4. The second kappa shape index (κ2) is 6.68. The van der Waals surface area contributed by atoms with Crippen LogP contribution in [-0.4, -0.2) is 24.0 Å². The fourth-order valence-electron chi connectivity index (χ4n) is 1.72. The van der Waals surface area contributed by atoms with Gasteiger partial charge in [0.2, 0.25) is 0 Å². The zero-order valence-electron chi connectivity index (χ0n) is 11.3. The van der Waals surface area contributed by atoms with E-state index in [4.69, 9.17) is 10.5 Å². The number of anilines is 1. The predicted molar refractivity (Wildman–Crippen MR) is 77.9 cm³/mol. The van der Waals surface area contributed by atoms with E-state index in [0.29, 0.717) is 30.3 Å². The SMILES string of the molecule is Cc1cccc(C(=O)Nc2ccccc2OCCN)n1. The molecule has 1 heterocycles. The van der Waals surface area contributed by atoms with E-state index in [0.717, 1.165) is 5.69 Å². The first-order chi connectivity index (χ1) is 9.70. The maximum absolute atomic E-state index is 12.1. The van der Waals surface area contributed by atoms with Crippen molar-refractivity contribution in [2.75, 3.05) is 18.5 Å². The van der Waals surface area contributed by atoms with Gasteiger partial charge in [0, 0.05) is 12.2 Å². The second-order valence-corrected chi connectivity index (χ2v) is 4.25. The highest BCUT2D eigenvalue weighted by molar-refractivity contribution is 6.03. The highest BCUT2D eigenvalue weighted by Crippen LogP contribution is 2.24. The van der Waals surface area contributed by atoms with Gasteiger partial charge in [-0.3, -0.25) is 4.79 Å². The van der Waals surface area contributed by atoms with E-state index in [1.807, 2.05) is 25.1 Å². The number of amides is 1. The molecule has 0 saturated heterocycles. The van der Waals surface area contributed by atoms with Gasteiger partial charge in [0.05, 0.1) is 5.69 Å². The topological polar surface area (TPSA) is 77.2 Å². The molecular weight excluding hydrogens is 254 g/mol. The number of aromatic nitrogens is 1. The molecule has 3 N–H and O–H groups in total. The van der Waals surface area contributed by atoms with E-state index >= 15 is 0 Å². The van der Waals surface area contributed by atoms with E-state index < -0.39 is 0 Å². The maximum Gasteiger partial charge on any atom is 0.274 e. The van der Waals surface area contributed by atoms with Gasteiger partial charge in [0.25, 0.3) is 5.91 Å². The Kier molecular flexibility index (Phi) is 4.68. The average molecular weight is 271 g/mol. The summed E-state index contributed by atoms with van der Waals surface area (Å²) in [5.41, 5.74) is 7.19.